The monoisotopic (exact) mass is 363 g/mol. The molecule has 0 radical (unpaired) electrons. The SMILES string of the molecule is NS(=O)(=O)C1CCC(F)(CC[C@H]2c3ccccc3-c3cncn32)CC1. The second-order valence-corrected chi connectivity index (χ2v) is 9.11. The molecule has 1 saturated carbocycles. The summed E-state index contributed by atoms with van der Waals surface area (Å²) in [4.78, 5) is 4.23. The van der Waals surface area contributed by atoms with Crippen molar-refractivity contribution in [2.24, 2.45) is 5.14 Å². The second-order valence-electron chi connectivity index (χ2n) is 7.27. The van der Waals surface area contributed by atoms with E-state index in [0.29, 0.717) is 25.7 Å². The minimum atomic E-state index is -3.56. The van der Waals surface area contributed by atoms with E-state index in [-0.39, 0.29) is 18.9 Å². The van der Waals surface area contributed by atoms with E-state index in [1.165, 1.54) is 5.56 Å². The Hall–Kier alpha value is -1.73. The molecule has 4 rings (SSSR count). The van der Waals surface area contributed by atoms with E-state index in [2.05, 4.69) is 21.7 Å². The normalized spacial score (nSPS) is 28.6. The highest BCUT2D eigenvalue weighted by Crippen LogP contribution is 2.44. The summed E-state index contributed by atoms with van der Waals surface area (Å²) in [6.45, 7) is 0. The van der Waals surface area contributed by atoms with E-state index in [1.807, 2.05) is 24.7 Å². The number of primary sulfonamides is 1. The van der Waals surface area contributed by atoms with Crippen LogP contribution in [0, 0.1) is 0 Å². The number of aromatic nitrogens is 2. The molecular weight excluding hydrogens is 341 g/mol. The van der Waals surface area contributed by atoms with Gasteiger partial charge in [0.1, 0.15) is 5.67 Å². The van der Waals surface area contributed by atoms with Crippen LogP contribution in [0.15, 0.2) is 36.8 Å². The van der Waals surface area contributed by atoms with Crippen LogP contribution in [-0.2, 0) is 10.0 Å². The first-order valence-corrected chi connectivity index (χ1v) is 10.3. The third-order valence-corrected chi connectivity index (χ3v) is 7.16. The first kappa shape index (κ1) is 16.7. The zero-order valence-electron chi connectivity index (χ0n) is 13.9. The van der Waals surface area contributed by atoms with Crippen molar-refractivity contribution in [3.63, 3.8) is 0 Å². The molecule has 1 aromatic heterocycles. The Morgan fingerprint density at radius 1 is 1.28 bits per heavy atom. The first-order valence-electron chi connectivity index (χ1n) is 8.69. The molecule has 0 unspecified atom stereocenters. The molecule has 2 N–H and O–H groups in total. The van der Waals surface area contributed by atoms with Gasteiger partial charge in [-0.3, -0.25) is 0 Å². The number of hydrogen-bond acceptors (Lipinski definition) is 3. The standard InChI is InChI=1S/C18H22FN3O2S/c19-18(8-5-13(6-9-18)25(20,23)24)10-7-16-14-3-1-2-4-15(14)17-11-21-12-22(16)17/h1-4,11-13,16H,5-10H2,(H2,20,23,24)/t13?,16-,18?/m0/s1. The summed E-state index contributed by atoms with van der Waals surface area (Å²) in [5, 5.41) is 4.61. The maximum Gasteiger partial charge on any atom is 0.211 e. The fraction of sp³-hybridized carbons (Fsp3) is 0.500. The molecular formula is C18H22FN3O2S. The molecule has 2 heterocycles. The van der Waals surface area contributed by atoms with Gasteiger partial charge in [0, 0.05) is 5.56 Å². The van der Waals surface area contributed by atoms with Crippen LogP contribution in [0.1, 0.15) is 50.1 Å². The largest absolute Gasteiger partial charge is 0.323 e. The van der Waals surface area contributed by atoms with Gasteiger partial charge in [-0.1, -0.05) is 24.3 Å². The molecule has 0 saturated heterocycles. The third-order valence-electron chi connectivity index (χ3n) is 5.76. The van der Waals surface area contributed by atoms with Gasteiger partial charge in [0.05, 0.1) is 29.5 Å². The maximum absolute atomic E-state index is 15.2. The van der Waals surface area contributed by atoms with Crippen molar-refractivity contribution in [3.8, 4) is 11.3 Å². The number of alkyl halides is 1. The van der Waals surface area contributed by atoms with Gasteiger partial charge in [-0.15, -0.1) is 0 Å². The summed E-state index contributed by atoms with van der Waals surface area (Å²) in [5.74, 6) is 0. The summed E-state index contributed by atoms with van der Waals surface area (Å²) in [6, 6.07) is 8.27. The zero-order valence-corrected chi connectivity index (χ0v) is 14.8. The van der Waals surface area contributed by atoms with E-state index in [9.17, 15) is 8.42 Å². The summed E-state index contributed by atoms with van der Waals surface area (Å²) in [7, 11) is -3.56. The number of imidazole rings is 1. The Morgan fingerprint density at radius 2 is 2.00 bits per heavy atom. The average Bonchev–Trinajstić information content (AvgIpc) is 3.14. The lowest BCUT2D eigenvalue weighted by atomic mass is 9.81. The van der Waals surface area contributed by atoms with Crippen LogP contribution in [0.2, 0.25) is 0 Å². The molecule has 1 fully saturated rings. The van der Waals surface area contributed by atoms with Gasteiger partial charge in [0.25, 0.3) is 0 Å². The Kier molecular flexibility index (Phi) is 3.96. The lowest BCUT2D eigenvalue weighted by Gasteiger charge is -2.33. The number of fused-ring (bicyclic) bond motifs is 3. The van der Waals surface area contributed by atoms with Crippen molar-refractivity contribution in [1.82, 2.24) is 9.55 Å². The topological polar surface area (TPSA) is 78.0 Å². The van der Waals surface area contributed by atoms with Crippen LogP contribution in [-0.4, -0.2) is 28.9 Å². The van der Waals surface area contributed by atoms with Crippen molar-refractivity contribution in [1.29, 1.82) is 0 Å². The molecule has 0 amide bonds. The van der Waals surface area contributed by atoms with Gasteiger partial charge in [0.15, 0.2) is 0 Å². The highest BCUT2D eigenvalue weighted by molar-refractivity contribution is 7.89. The van der Waals surface area contributed by atoms with Crippen molar-refractivity contribution in [2.45, 2.75) is 55.5 Å². The molecule has 1 aliphatic carbocycles. The van der Waals surface area contributed by atoms with Gasteiger partial charge in [0.2, 0.25) is 10.0 Å². The minimum absolute atomic E-state index is 0.0947. The van der Waals surface area contributed by atoms with Crippen molar-refractivity contribution >= 4 is 10.0 Å². The number of hydrogen-bond donors (Lipinski definition) is 1. The van der Waals surface area contributed by atoms with E-state index in [1.54, 1.807) is 0 Å². The van der Waals surface area contributed by atoms with Gasteiger partial charge in [-0.2, -0.15) is 0 Å². The molecule has 0 bridgehead atoms. The smallest absolute Gasteiger partial charge is 0.211 e. The van der Waals surface area contributed by atoms with Crippen LogP contribution in [0.3, 0.4) is 0 Å². The summed E-state index contributed by atoms with van der Waals surface area (Å²) in [6.07, 6.45) is 5.90. The highest BCUT2D eigenvalue weighted by atomic mass is 32.2. The van der Waals surface area contributed by atoms with E-state index in [4.69, 9.17) is 5.14 Å². The molecule has 25 heavy (non-hydrogen) atoms. The molecule has 1 aliphatic heterocycles. The predicted molar refractivity (Wildman–Crippen MR) is 94.2 cm³/mol. The highest BCUT2D eigenvalue weighted by Gasteiger charge is 2.40. The lowest BCUT2D eigenvalue weighted by Crippen LogP contribution is -2.38. The zero-order chi connectivity index (χ0) is 17.7. The summed E-state index contributed by atoms with van der Waals surface area (Å²) in [5.41, 5.74) is 2.14. The number of nitrogens with two attached hydrogens (primary N) is 1. The van der Waals surface area contributed by atoms with Crippen molar-refractivity contribution in [3.05, 3.63) is 42.4 Å². The van der Waals surface area contributed by atoms with E-state index in [0.717, 1.165) is 11.3 Å². The maximum atomic E-state index is 15.2. The fourth-order valence-electron chi connectivity index (χ4n) is 4.31. The Morgan fingerprint density at radius 3 is 2.72 bits per heavy atom. The average molecular weight is 363 g/mol. The number of nitrogens with zero attached hydrogens (tertiary/aromatic N) is 2. The van der Waals surface area contributed by atoms with Gasteiger partial charge in [-0.05, 0) is 44.1 Å². The van der Waals surface area contributed by atoms with Gasteiger partial charge >= 0.3 is 0 Å². The summed E-state index contributed by atoms with van der Waals surface area (Å²) >= 11 is 0. The fourth-order valence-corrected chi connectivity index (χ4v) is 5.20. The van der Waals surface area contributed by atoms with Crippen LogP contribution < -0.4 is 5.14 Å². The minimum Gasteiger partial charge on any atom is -0.323 e. The molecule has 5 nitrogen and oxygen atoms in total. The van der Waals surface area contributed by atoms with Crippen LogP contribution in [0.25, 0.3) is 11.3 Å². The van der Waals surface area contributed by atoms with Crippen molar-refractivity contribution in [2.75, 3.05) is 0 Å². The molecule has 134 valence electrons. The number of benzene rings is 1. The first-order chi connectivity index (χ1) is 11.9. The molecule has 7 heteroatoms. The summed E-state index contributed by atoms with van der Waals surface area (Å²) < 4.78 is 40.2. The van der Waals surface area contributed by atoms with E-state index < -0.39 is 20.9 Å². The Balaban J connectivity index is 1.48. The van der Waals surface area contributed by atoms with Gasteiger partial charge < -0.3 is 4.57 Å². The molecule has 0 spiro atoms. The quantitative estimate of drug-likeness (QED) is 0.906. The van der Waals surface area contributed by atoms with Crippen LogP contribution in [0.4, 0.5) is 4.39 Å². The predicted octanol–water partition coefficient (Wildman–Crippen LogP) is 3.17. The number of sulfonamides is 1. The third kappa shape index (κ3) is 3.00. The molecule has 2 aliphatic rings. The Labute approximate surface area is 147 Å². The number of rotatable bonds is 4. The molecule has 1 atom stereocenters. The lowest BCUT2D eigenvalue weighted by molar-refractivity contribution is 0.0914. The van der Waals surface area contributed by atoms with Crippen molar-refractivity contribution < 1.29 is 12.8 Å². The van der Waals surface area contributed by atoms with Crippen LogP contribution in [0.5, 0.6) is 0 Å². The Bertz CT molecular complexity index is 885. The molecule has 1 aromatic carbocycles. The van der Waals surface area contributed by atoms with E-state index >= 15 is 4.39 Å². The van der Waals surface area contributed by atoms with Crippen LogP contribution >= 0.6 is 0 Å². The molecule has 2 aromatic rings. The number of halogens is 1. The second kappa shape index (κ2) is 5.92. The van der Waals surface area contributed by atoms with Gasteiger partial charge in [-0.25, -0.2) is 22.9 Å².